The molecule has 0 unspecified atom stereocenters. The Hall–Kier alpha value is -3.70. The van der Waals surface area contributed by atoms with Crippen molar-refractivity contribution in [3.8, 4) is 17.2 Å². The Morgan fingerprint density at radius 2 is 1.67 bits per heavy atom. The molecular formula is C27H24ClNO4. The van der Waals surface area contributed by atoms with Crippen LogP contribution >= 0.6 is 11.6 Å². The molecule has 6 heteroatoms. The fourth-order valence-electron chi connectivity index (χ4n) is 3.58. The quantitative estimate of drug-likeness (QED) is 0.316. The molecule has 0 atom stereocenters. The van der Waals surface area contributed by atoms with Crippen LogP contribution in [-0.2, 0) is 6.61 Å². The predicted octanol–water partition coefficient (Wildman–Crippen LogP) is 6.73. The highest BCUT2D eigenvalue weighted by Crippen LogP contribution is 2.30. The Morgan fingerprint density at radius 3 is 2.48 bits per heavy atom. The highest BCUT2D eigenvalue weighted by molar-refractivity contribution is 6.31. The van der Waals surface area contributed by atoms with Gasteiger partial charge in [-0.2, -0.15) is 0 Å². The number of benzene rings is 4. The van der Waals surface area contributed by atoms with E-state index in [1.807, 2.05) is 49.4 Å². The van der Waals surface area contributed by atoms with Gasteiger partial charge in [-0.3, -0.25) is 4.79 Å². The summed E-state index contributed by atoms with van der Waals surface area (Å²) in [6, 6.07) is 24.3. The minimum Gasteiger partial charge on any atom is -0.495 e. The van der Waals surface area contributed by atoms with E-state index in [0.717, 1.165) is 22.1 Å². The number of nitrogens with one attached hydrogen (secondary N) is 1. The zero-order valence-corrected chi connectivity index (χ0v) is 19.2. The van der Waals surface area contributed by atoms with E-state index < -0.39 is 0 Å². The summed E-state index contributed by atoms with van der Waals surface area (Å²) in [6.07, 6.45) is 0. The number of carbonyl (C=O) groups excluding carboxylic acids is 1. The van der Waals surface area contributed by atoms with Crippen molar-refractivity contribution in [1.29, 1.82) is 0 Å². The van der Waals surface area contributed by atoms with Crippen molar-refractivity contribution < 1.29 is 19.0 Å². The van der Waals surface area contributed by atoms with Crippen molar-refractivity contribution >= 4 is 34.0 Å². The standard InChI is InChI=1S/C27H24ClNO4/c1-3-32-24-13-11-19(27(30)29-23-16-21(28)12-14-26(23)31-2)15-20(24)17-33-25-10-6-8-18-7-4-5-9-22(18)25/h4-16H,3,17H2,1-2H3,(H,29,30). The van der Waals surface area contributed by atoms with Gasteiger partial charge in [0.05, 0.1) is 19.4 Å². The van der Waals surface area contributed by atoms with Crippen molar-refractivity contribution in [2.45, 2.75) is 13.5 Å². The van der Waals surface area contributed by atoms with E-state index in [1.165, 1.54) is 0 Å². The van der Waals surface area contributed by atoms with Crippen molar-refractivity contribution in [1.82, 2.24) is 0 Å². The van der Waals surface area contributed by atoms with E-state index in [2.05, 4.69) is 5.32 Å². The van der Waals surface area contributed by atoms with Crippen LogP contribution in [-0.4, -0.2) is 19.6 Å². The van der Waals surface area contributed by atoms with Crippen LogP contribution < -0.4 is 19.5 Å². The second-order valence-electron chi connectivity index (χ2n) is 7.32. The molecule has 0 fully saturated rings. The van der Waals surface area contributed by atoms with E-state index in [1.54, 1.807) is 43.5 Å². The zero-order valence-electron chi connectivity index (χ0n) is 18.4. The number of hydrogen-bond acceptors (Lipinski definition) is 4. The second kappa shape index (κ2) is 10.3. The van der Waals surface area contributed by atoms with Crippen molar-refractivity contribution in [3.05, 3.63) is 95.0 Å². The van der Waals surface area contributed by atoms with Gasteiger partial charge in [0.25, 0.3) is 5.91 Å². The van der Waals surface area contributed by atoms with Gasteiger partial charge in [-0.25, -0.2) is 0 Å². The van der Waals surface area contributed by atoms with Crippen LogP contribution in [0, 0.1) is 0 Å². The van der Waals surface area contributed by atoms with E-state index in [9.17, 15) is 4.79 Å². The molecule has 33 heavy (non-hydrogen) atoms. The van der Waals surface area contributed by atoms with Gasteiger partial charge in [0.2, 0.25) is 0 Å². The minimum absolute atomic E-state index is 0.255. The molecule has 4 rings (SSSR count). The lowest BCUT2D eigenvalue weighted by molar-refractivity contribution is 0.102. The topological polar surface area (TPSA) is 56.8 Å². The fraction of sp³-hybridized carbons (Fsp3) is 0.148. The predicted molar refractivity (Wildman–Crippen MR) is 132 cm³/mol. The number of ether oxygens (including phenoxy) is 3. The third-order valence-electron chi connectivity index (χ3n) is 5.17. The molecule has 0 spiro atoms. The van der Waals surface area contributed by atoms with Gasteiger partial charge < -0.3 is 19.5 Å². The number of amides is 1. The van der Waals surface area contributed by atoms with Gasteiger partial charge in [-0.15, -0.1) is 0 Å². The second-order valence-corrected chi connectivity index (χ2v) is 7.76. The van der Waals surface area contributed by atoms with Crippen LogP contribution in [0.5, 0.6) is 17.2 Å². The van der Waals surface area contributed by atoms with Gasteiger partial charge in [-0.1, -0.05) is 48.0 Å². The van der Waals surface area contributed by atoms with E-state index in [-0.39, 0.29) is 12.5 Å². The van der Waals surface area contributed by atoms with Crippen molar-refractivity contribution in [2.75, 3.05) is 19.0 Å². The lowest BCUT2D eigenvalue weighted by Crippen LogP contribution is -2.14. The number of carbonyl (C=O) groups is 1. The van der Waals surface area contributed by atoms with Crippen molar-refractivity contribution in [2.24, 2.45) is 0 Å². The molecule has 0 bridgehead atoms. The van der Waals surface area contributed by atoms with E-state index >= 15 is 0 Å². The summed E-state index contributed by atoms with van der Waals surface area (Å²) in [7, 11) is 1.54. The normalized spacial score (nSPS) is 10.6. The molecule has 0 aliphatic heterocycles. The SMILES string of the molecule is CCOc1ccc(C(=O)Nc2cc(Cl)ccc2OC)cc1COc1cccc2ccccc12. The van der Waals surface area contributed by atoms with Gasteiger partial charge in [0.1, 0.15) is 23.9 Å². The fourth-order valence-corrected chi connectivity index (χ4v) is 3.75. The Morgan fingerprint density at radius 1 is 0.879 bits per heavy atom. The Labute approximate surface area is 197 Å². The molecular weight excluding hydrogens is 438 g/mol. The summed E-state index contributed by atoms with van der Waals surface area (Å²) < 4.78 is 17.2. The lowest BCUT2D eigenvalue weighted by Gasteiger charge is -2.15. The summed E-state index contributed by atoms with van der Waals surface area (Å²) in [5.74, 6) is 1.69. The van der Waals surface area contributed by atoms with Gasteiger partial charge in [-0.05, 0) is 54.8 Å². The summed E-state index contributed by atoms with van der Waals surface area (Å²) in [6.45, 7) is 2.68. The molecule has 168 valence electrons. The van der Waals surface area contributed by atoms with Crippen LogP contribution in [0.15, 0.2) is 78.9 Å². The molecule has 0 aromatic heterocycles. The third-order valence-corrected chi connectivity index (χ3v) is 5.40. The number of rotatable bonds is 8. The molecule has 1 N–H and O–H groups in total. The monoisotopic (exact) mass is 461 g/mol. The largest absolute Gasteiger partial charge is 0.495 e. The molecule has 0 heterocycles. The maximum absolute atomic E-state index is 13.0. The number of halogens is 1. The lowest BCUT2D eigenvalue weighted by atomic mass is 10.1. The van der Waals surface area contributed by atoms with Crippen LogP contribution in [0.1, 0.15) is 22.8 Å². The zero-order chi connectivity index (χ0) is 23.2. The number of hydrogen-bond donors (Lipinski definition) is 1. The van der Waals surface area contributed by atoms with Gasteiger partial charge in [0.15, 0.2) is 0 Å². The van der Waals surface area contributed by atoms with E-state index in [0.29, 0.717) is 34.4 Å². The summed E-state index contributed by atoms with van der Waals surface area (Å²) in [5.41, 5.74) is 1.74. The van der Waals surface area contributed by atoms with Crippen molar-refractivity contribution in [3.63, 3.8) is 0 Å². The Kier molecular flexibility index (Phi) is 7.01. The number of anilines is 1. The maximum atomic E-state index is 13.0. The Balaban J connectivity index is 1.59. The third kappa shape index (κ3) is 5.21. The Bertz CT molecular complexity index is 1280. The first kappa shape index (κ1) is 22.5. The van der Waals surface area contributed by atoms with Crippen LogP contribution in [0.3, 0.4) is 0 Å². The molecule has 0 aliphatic carbocycles. The summed E-state index contributed by atoms with van der Waals surface area (Å²) in [4.78, 5) is 13.0. The number of methoxy groups -OCH3 is 1. The van der Waals surface area contributed by atoms with Crippen LogP contribution in [0.25, 0.3) is 10.8 Å². The molecule has 0 saturated carbocycles. The number of fused-ring (bicyclic) bond motifs is 1. The highest BCUT2D eigenvalue weighted by atomic mass is 35.5. The first-order valence-electron chi connectivity index (χ1n) is 10.6. The molecule has 0 aliphatic rings. The molecule has 1 amide bonds. The van der Waals surface area contributed by atoms with E-state index in [4.69, 9.17) is 25.8 Å². The molecule has 0 radical (unpaired) electrons. The smallest absolute Gasteiger partial charge is 0.255 e. The average Bonchev–Trinajstić information content (AvgIpc) is 2.83. The molecule has 5 nitrogen and oxygen atoms in total. The van der Waals surface area contributed by atoms with Crippen LogP contribution in [0.2, 0.25) is 5.02 Å². The minimum atomic E-state index is -0.287. The first-order valence-corrected chi connectivity index (χ1v) is 11.0. The van der Waals surface area contributed by atoms with Gasteiger partial charge in [0, 0.05) is 21.5 Å². The molecule has 4 aromatic carbocycles. The van der Waals surface area contributed by atoms with Crippen LogP contribution in [0.4, 0.5) is 5.69 Å². The summed E-state index contributed by atoms with van der Waals surface area (Å²) in [5, 5.41) is 5.50. The molecule has 4 aromatic rings. The van der Waals surface area contributed by atoms with Gasteiger partial charge >= 0.3 is 0 Å². The first-order chi connectivity index (χ1) is 16.1. The molecule has 0 saturated heterocycles. The average molecular weight is 462 g/mol. The summed E-state index contributed by atoms with van der Waals surface area (Å²) >= 11 is 6.09. The maximum Gasteiger partial charge on any atom is 0.255 e. The highest BCUT2D eigenvalue weighted by Gasteiger charge is 2.14.